The molecule has 174 valence electrons. The minimum Gasteiger partial charge on any atom is -0.310 e. The SMILES string of the molecule is O=C(Nc1cc2nc(-c3cnn(C4CC4)c3)ccc2cn1)C1CCN(CCC(F)(F)F)CC1. The van der Waals surface area contributed by atoms with E-state index in [0.717, 1.165) is 35.0 Å². The van der Waals surface area contributed by atoms with Gasteiger partial charge in [-0.15, -0.1) is 0 Å². The van der Waals surface area contributed by atoms with Crippen molar-refractivity contribution in [2.45, 2.75) is 44.3 Å². The number of nitrogens with zero attached hydrogens (tertiary/aromatic N) is 5. The highest BCUT2D eigenvalue weighted by molar-refractivity contribution is 5.93. The number of carbonyl (C=O) groups is 1. The zero-order valence-corrected chi connectivity index (χ0v) is 18.1. The Morgan fingerprint density at radius 3 is 2.64 bits per heavy atom. The van der Waals surface area contributed by atoms with Crippen molar-refractivity contribution in [3.63, 3.8) is 0 Å². The summed E-state index contributed by atoms with van der Waals surface area (Å²) in [6.45, 7) is 0.954. The molecule has 0 radical (unpaired) electrons. The van der Waals surface area contributed by atoms with E-state index in [1.54, 1.807) is 17.2 Å². The van der Waals surface area contributed by atoms with Gasteiger partial charge in [0.05, 0.1) is 29.9 Å². The number of aromatic nitrogens is 4. The van der Waals surface area contributed by atoms with Crippen molar-refractivity contribution in [3.8, 4) is 11.3 Å². The average molecular weight is 458 g/mol. The van der Waals surface area contributed by atoms with Gasteiger partial charge in [-0.3, -0.25) is 9.48 Å². The van der Waals surface area contributed by atoms with Gasteiger partial charge in [0.2, 0.25) is 5.91 Å². The van der Waals surface area contributed by atoms with Crippen molar-refractivity contribution in [3.05, 3.63) is 36.8 Å². The molecule has 0 bridgehead atoms. The molecule has 0 spiro atoms. The molecule has 0 unspecified atom stereocenters. The fourth-order valence-electron chi connectivity index (χ4n) is 4.19. The van der Waals surface area contributed by atoms with Crippen molar-refractivity contribution in [2.24, 2.45) is 5.92 Å². The number of carbonyl (C=O) groups excluding carboxylic acids is 1. The van der Waals surface area contributed by atoms with E-state index in [-0.39, 0.29) is 18.4 Å². The molecular formula is C23H25F3N6O. The summed E-state index contributed by atoms with van der Waals surface area (Å²) < 4.78 is 39.2. The van der Waals surface area contributed by atoms with Crippen LogP contribution in [0.3, 0.4) is 0 Å². The number of fused-ring (bicyclic) bond motifs is 1. The van der Waals surface area contributed by atoms with Crippen LogP contribution >= 0.6 is 0 Å². The van der Waals surface area contributed by atoms with E-state index >= 15 is 0 Å². The molecule has 7 nitrogen and oxygen atoms in total. The number of nitrogens with one attached hydrogen (secondary N) is 1. The predicted octanol–water partition coefficient (Wildman–Crippen LogP) is 4.43. The molecule has 1 saturated heterocycles. The largest absolute Gasteiger partial charge is 0.390 e. The van der Waals surface area contributed by atoms with Crippen molar-refractivity contribution in [1.29, 1.82) is 0 Å². The zero-order valence-electron chi connectivity index (χ0n) is 18.1. The van der Waals surface area contributed by atoms with E-state index < -0.39 is 12.6 Å². The Labute approximate surface area is 189 Å². The van der Waals surface area contributed by atoms with Gasteiger partial charge in [0.15, 0.2) is 0 Å². The first-order valence-corrected chi connectivity index (χ1v) is 11.3. The summed E-state index contributed by atoms with van der Waals surface area (Å²) in [5, 5.41) is 8.14. The summed E-state index contributed by atoms with van der Waals surface area (Å²) in [5.74, 6) is 0.0294. The number of alkyl halides is 3. The van der Waals surface area contributed by atoms with Gasteiger partial charge in [0, 0.05) is 41.9 Å². The number of likely N-dealkylation sites (tertiary alicyclic amines) is 1. The third-order valence-corrected chi connectivity index (χ3v) is 6.31. The van der Waals surface area contributed by atoms with Gasteiger partial charge in [-0.05, 0) is 50.9 Å². The number of hydrogen-bond acceptors (Lipinski definition) is 5. The van der Waals surface area contributed by atoms with Gasteiger partial charge >= 0.3 is 6.18 Å². The Hall–Kier alpha value is -3.01. The predicted molar refractivity (Wildman–Crippen MR) is 117 cm³/mol. The molecule has 5 rings (SSSR count). The Morgan fingerprint density at radius 1 is 1.12 bits per heavy atom. The van der Waals surface area contributed by atoms with Crippen LogP contribution in [0.1, 0.15) is 38.1 Å². The van der Waals surface area contributed by atoms with Crippen LogP contribution in [0.15, 0.2) is 36.8 Å². The zero-order chi connectivity index (χ0) is 23.0. The van der Waals surface area contributed by atoms with Crippen molar-refractivity contribution < 1.29 is 18.0 Å². The number of anilines is 1. The lowest BCUT2D eigenvalue weighted by molar-refractivity contribution is -0.139. The highest BCUT2D eigenvalue weighted by Crippen LogP contribution is 2.35. The van der Waals surface area contributed by atoms with Crippen molar-refractivity contribution in [1.82, 2.24) is 24.6 Å². The first-order chi connectivity index (χ1) is 15.8. The van der Waals surface area contributed by atoms with Crippen LogP contribution in [0.25, 0.3) is 22.2 Å². The molecule has 1 saturated carbocycles. The second-order valence-electron chi connectivity index (χ2n) is 8.87. The van der Waals surface area contributed by atoms with Gasteiger partial charge in [0.1, 0.15) is 5.82 Å². The Morgan fingerprint density at radius 2 is 1.91 bits per heavy atom. The summed E-state index contributed by atoms with van der Waals surface area (Å²) in [6.07, 6.45) is 3.92. The van der Waals surface area contributed by atoms with Crippen LogP contribution in [-0.2, 0) is 4.79 Å². The number of pyridine rings is 2. The molecule has 2 aliphatic rings. The van der Waals surface area contributed by atoms with Crippen LogP contribution in [-0.4, -0.2) is 56.4 Å². The second-order valence-corrected chi connectivity index (χ2v) is 8.87. The van der Waals surface area contributed by atoms with Crippen LogP contribution in [0.5, 0.6) is 0 Å². The van der Waals surface area contributed by atoms with E-state index in [4.69, 9.17) is 4.98 Å². The topological polar surface area (TPSA) is 75.9 Å². The lowest BCUT2D eigenvalue weighted by Gasteiger charge is -2.31. The van der Waals surface area contributed by atoms with E-state index in [1.165, 1.54) is 0 Å². The molecule has 4 heterocycles. The molecule has 0 atom stereocenters. The molecule has 1 aliphatic heterocycles. The third kappa shape index (κ3) is 5.32. The van der Waals surface area contributed by atoms with Gasteiger partial charge in [-0.1, -0.05) is 0 Å². The van der Waals surface area contributed by atoms with E-state index in [9.17, 15) is 18.0 Å². The third-order valence-electron chi connectivity index (χ3n) is 6.31. The molecule has 1 aliphatic carbocycles. The summed E-state index contributed by atoms with van der Waals surface area (Å²) >= 11 is 0. The number of piperidine rings is 1. The molecule has 1 N–H and O–H groups in total. The highest BCUT2D eigenvalue weighted by atomic mass is 19.4. The monoisotopic (exact) mass is 458 g/mol. The maximum atomic E-state index is 12.7. The Kier molecular flexibility index (Phi) is 5.77. The van der Waals surface area contributed by atoms with Crippen LogP contribution < -0.4 is 5.32 Å². The Bertz CT molecular complexity index is 1150. The first-order valence-electron chi connectivity index (χ1n) is 11.3. The van der Waals surface area contributed by atoms with Crippen molar-refractivity contribution >= 4 is 22.6 Å². The number of rotatable bonds is 6. The summed E-state index contributed by atoms with van der Waals surface area (Å²) in [7, 11) is 0. The summed E-state index contributed by atoms with van der Waals surface area (Å²) in [5.41, 5.74) is 2.48. The fourth-order valence-corrected chi connectivity index (χ4v) is 4.19. The van der Waals surface area contributed by atoms with Crippen LogP contribution in [0.2, 0.25) is 0 Å². The summed E-state index contributed by atoms with van der Waals surface area (Å²) in [4.78, 5) is 23.5. The van der Waals surface area contributed by atoms with Crippen molar-refractivity contribution in [2.75, 3.05) is 25.0 Å². The lowest BCUT2D eigenvalue weighted by atomic mass is 9.96. The van der Waals surface area contributed by atoms with E-state index in [2.05, 4.69) is 15.4 Å². The molecule has 1 amide bonds. The lowest BCUT2D eigenvalue weighted by Crippen LogP contribution is -2.39. The van der Waals surface area contributed by atoms with Crippen LogP contribution in [0, 0.1) is 5.92 Å². The first kappa shape index (κ1) is 21.8. The highest BCUT2D eigenvalue weighted by Gasteiger charge is 2.30. The van der Waals surface area contributed by atoms with Gasteiger partial charge in [-0.2, -0.15) is 18.3 Å². The standard InChI is InChI=1S/C23H25F3N6O/c24-23(25,26)7-10-31-8-5-15(6-9-31)22(33)30-21-11-20-16(12-27-21)1-4-19(29-20)17-13-28-32(14-17)18-2-3-18/h1,4,11-15,18H,2-3,5-10H2,(H,27,30,33). The number of halogens is 3. The molecule has 3 aromatic rings. The quantitative estimate of drug-likeness (QED) is 0.592. The smallest absolute Gasteiger partial charge is 0.310 e. The van der Waals surface area contributed by atoms with Gasteiger partial charge in [0.25, 0.3) is 0 Å². The van der Waals surface area contributed by atoms with Gasteiger partial charge in [-0.25, -0.2) is 9.97 Å². The number of amides is 1. The normalized spacial score (nSPS) is 18.0. The second kappa shape index (κ2) is 8.74. The molecular weight excluding hydrogens is 433 g/mol. The molecule has 10 heteroatoms. The average Bonchev–Trinajstić information content (AvgIpc) is 3.53. The van der Waals surface area contributed by atoms with Crippen LogP contribution in [0.4, 0.5) is 19.0 Å². The maximum absolute atomic E-state index is 12.7. The molecule has 2 fully saturated rings. The van der Waals surface area contributed by atoms with E-state index in [1.807, 2.05) is 29.2 Å². The maximum Gasteiger partial charge on any atom is 0.390 e. The minimum atomic E-state index is -4.15. The minimum absolute atomic E-state index is 0.0162. The Balaban J connectivity index is 1.22. The van der Waals surface area contributed by atoms with E-state index in [0.29, 0.717) is 37.8 Å². The molecule has 0 aromatic carbocycles. The van der Waals surface area contributed by atoms with Gasteiger partial charge < -0.3 is 10.2 Å². The molecule has 33 heavy (non-hydrogen) atoms. The molecule has 3 aromatic heterocycles. The number of hydrogen-bond donors (Lipinski definition) is 1. The fraction of sp³-hybridized carbons (Fsp3) is 0.478. The summed E-state index contributed by atoms with van der Waals surface area (Å²) in [6, 6.07) is 6.13.